The second kappa shape index (κ2) is 6.34. The molecule has 0 amide bonds. The number of rotatable bonds is 5. The van der Waals surface area contributed by atoms with Crippen molar-refractivity contribution in [3.05, 3.63) is 23.8 Å². The Morgan fingerprint density at radius 3 is 2.70 bits per heavy atom. The van der Waals surface area contributed by atoms with Gasteiger partial charge in [0.05, 0.1) is 12.3 Å². The standard InChI is InChI=1S/C13H17N5O4S/c1-4-22-13(19)10-11(16-17-12(10)14)8-6-5-7-9(15-8)23(20,21)18(2)3/h5-7H,4H2,1-3H3,(H3,14,16,17). The number of nitrogens with one attached hydrogen (secondary N) is 1. The van der Waals surface area contributed by atoms with E-state index in [-0.39, 0.29) is 34.4 Å². The maximum Gasteiger partial charge on any atom is 0.344 e. The first-order chi connectivity index (χ1) is 10.8. The summed E-state index contributed by atoms with van der Waals surface area (Å²) in [6.07, 6.45) is 0. The van der Waals surface area contributed by atoms with Gasteiger partial charge < -0.3 is 10.5 Å². The van der Waals surface area contributed by atoms with E-state index in [1.165, 1.54) is 32.3 Å². The monoisotopic (exact) mass is 339 g/mol. The molecule has 23 heavy (non-hydrogen) atoms. The van der Waals surface area contributed by atoms with Crippen LogP contribution in [0.5, 0.6) is 0 Å². The predicted molar refractivity (Wildman–Crippen MR) is 83.1 cm³/mol. The van der Waals surface area contributed by atoms with Crippen LogP contribution in [0.2, 0.25) is 0 Å². The Bertz CT molecular complexity index is 829. The van der Waals surface area contributed by atoms with E-state index >= 15 is 0 Å². The Labute approximate surface area is 133 Å². The minimum atomic E-state index is -3.71. The third kappa shape index (κ3) is 3.17. The lowest BCUT2D eigenvalue weighted by atomic mass is 10.1. The molecule has 0 unspecified atom stereocenters. The van der Waals surface area contributed by atoms with Crippen molar-refractivity contribution in [3.63, 3.8) is 0 Å². The van der Waals surface area contributed by atoms with E-state index < -0.39 is 16.0 Å². The number of nitrogen functional groups attached to an aromatic ring is 1. The van der Waals surface area contributed by atoms with Crippen LogP contribution < -0.4 is 5.73 Å². The first-order valence-corrected chi connectivity index (χ1v) is 8.14. The van der Waals surface area contributed by atoms with E-state index in [2.05, 4.69) is 15.2 Å². The van der Waals surface area contributed by atoms with Crippen molar-refractivity contribution in [3.8, 4) is 11.4 Å². The Morgan fingerprint density at radius 1 is 1.39 bits per heavy atom. The summed E-state index contributed by atoms with van der Waals surface area (Å²) in [5.41, 5.74) is 6.07. The quantitative estimate of drug-likeness (QED) is 0.757. The molecule has 0 aliphatic rings. The van der Waals surface area contributed by atoms with Gasteiger partial charge in [-0.15, -0.1) is 0 Å². The fraction of sp³-hybridized carbons (Fsp3) is 0.308. The van der Waals surface area contributed by atoms with Gasteiger partial charge in [0, 0.05) is 14.1 Å². The van der Waals surface area contributed by atoms with Gasteiger partial charge in [-0.1, -0.05) is 6.07 Å². The fourth-order valence-electron chi connectivity index (χ4n) is 1.83. The van der Waals surface area contributed by atoms with E-state index in [0.717, 1.165) is 4.31 Å². The average Bonchev–Trinajstić information content (AvgIpc) is 2.89. The lowest BCUT2D eigenvalue weighted by Gasteiger charge is -2.11. The minimum absolute atomic E-state index is 0.0266. The van der Waals surface area contributed by atoms with E-state index in [9.17, 15) is 13.2 Å². The van der Waals surface area contributed by atoms with Gasteiger partial charge in [0.2, 0.25) is 0 Å². The Hall–Kier alpha value is -2.46. The van der Waals surface area contributed by atoms with Crippen LogP contribution in [-0.2, 0) is 14.8 Å². The Balaban J connectivity index is 2.55. The molecule has 0 fully saturated rings. The SMILES string of the molecule is CCOC(=O)c1c(-c2cccc(S(=O)(=O)N(C)C)n2)n[nH]c1N. The highest BCUT2D eigenvalue weighted by atomic mass is 32.2. The summed E-state index contributed by atoms with van der Waals surface area (Å²) in [5.74, 6) is -0.627. The van der Waals surface area contributed by atoms with Gasteiger partial charge >= 0.3 is 5.97 Å². The number of esters is 1. The largest absolute Gasteiger partial charge is 0.462 e. The van der Waals surface area contributed by atoms with Crippen molar-refractivity contribution in [1.29, 1.82) is 0 Å². The fourth-order valence-corrected chi connectivity index (χ4v) is 2.67. The molecule has 124 valence electrons. The maximum atomic E-state index is 12.2. The first kappa shape index (κ1) is 16.9. The van der Waals surface area contributed by atoms with Crippen molar-refractivity contribution in [2.75, 3.05) is 26.4 Å². The normalized spacial score (nSPS) is 11.7. The molecule has 9 nitrogen and oxygen atoms in total. The van der Waals surface area contributed by atoms with Crippen molar-refractivity contribution in [1.82, 2.24) is 19.5 Å². The number of aromatic nitrogens is 3. The second-order valence-electron chi connectivity index (χ2n) is 4.73. The highest BCUT2D eigenvalue weighted by molar-refractivity contribution is 7.89. The molecule has 0 atom stereocenters. The van der Waals surface area contributed by atoms with Crippen molar-refractivity contribution in [2.24, 2.45) is 0 Å². The number of hydrogen-bond donors (Lipinski definition) is 2. The van der Waals surface area contributed by atoms with Crippen LogP contribution in [0.1, 0.15) is 17.3 Å². The molecule has 0 aliphatic carbocycles. The zero-order valence-corrected chi connectivity index (χ0v) is 13.7. The molecule has 0 spiro atoms. The van der Waals surface area contributed by atoms with Crippen LogP contribution in [0.25, 0.3) is 11.4 Å². The number of carbonyl (C=O) groups is 1. The van der Waals surface area contributed by atoms with Crippen molar-refractivity contribution in [2.45, 2.75) is 11.9 Å². The number of pyridine rings is 1. The third-order valence-electron chi connectivity index (χ3n) is 2.99. The number of nitrogens with zero attached hydrogens (tertiary/aromatic N) is 3. The Kier molecular flexibility index (Phi) is 4.66. The summed E-state index contributed by atoms with van der Waals surface area (Å²) < 4.78 is 30.3. The topological polar surface area (TPSA) is 131 Å². The smallest absolute Gasteiger partial charge is 0.344 e. The highest BCUT2D eigenvalue weighted by Crippen LogP contribution is 2.25. The summed E-state index contributed by atoms with van der Waals surface area (Å²) >= 11 is 0. The van der Waals surface area contributed by atoms with Crippen molar-refractivity contribution < 1.29 is 17.9 Å². The number of sulfonamides is 1. The van der Waals surface area contributed by atoms with Crippen LogP contribution in [0.3, 0.4) is 0 Å². The first-order valence-electron chi connectivity index (χ1n) is 6.70. The molecule has 2 aromatic rings. The molecule has 2 rings (SSSR count). The van der Waals surface area contributed by atoms with Gasteiger partial charge in [0.25, 0.3) is 10.0 Å². The molecular weight excluding hydrogens is 322 g/mol. The number of anilines is 1. The zero-order valence-electron chi connectivity index (χ0n) is 12.9. The summed E-state index contributed by atoms with van der Waals surface area (Å²) in [4.78, 5) is 16.1. The van der Waals surface area contributed by atoms with E-state index in [1.54, 1.807) is 6.92 Å². The molecule has 2 heterocycles. The van der Waals surface area contributed by atoms with Gasteiger partial charge in [-0.25, -0.2) is 22.5 Å². The van der Waals surface area contributed by atoms with E-state index in [1.807, 2.05) is 0 Å². The number of aromatic amines is 1. The van der Waals surface area contributed by atoms with Crippen LogP contribution in [-0.4, -0.2) is 54.6 Å². The lowest BCUT2D eigenvalue weighted by Crippen LogP contribution is -2.23. The number of carbonyl (C=O) groups excluding carboxylic acids is 1. The van der Waals surface area contributed by atoms with Crippen LogP contribution in [0.15, 0.2) is 23.2 Å². The van der Waals surface area contributed by atoms with E-state index in [0.29, 0.717) is 0 Å². The van der Waals surface area contributed by atoms with Crippen LogP contribution >= 0.6 is 0 Å². The minimum Gasteiger partial charge on any atom is -0.462 e. The molecule has 0 bridgehead atoms. The highest BCUT2D eigenvalue weighted by Gasteiger charge is 2.24. The third-order valence-corrected chi connectivity index (χ3v) is 4.70. The summed E-state index contributed by atoms with van der Waals surface area (Å²) in [6.45, 7) is 1.84. The van der Waals surface area contributed by atoms with Gasteiger partial charge in [-0.2, -0.15) is 5.10 Å². The molecule has 10 heteroatoms. The molecule has 3 N–H and O–H groups in total. The maximum absolute atomic E-state index is 12.2. The number of H-pyrrole nitrogens is 1. The number of hydrogen-bond acceptors (Lipinski definition) is 7. The molecule has 2 aromatic heterocycles. The van der Waals surface area contributed by atoms with Gasteiger partial charge in [-0.05, 0) is 19.1 Å². The summed E-state index contributed by atoms with van der Waals surface area (Å²) in [5, 5.41) is 6.26. The molecular formula is C13H17N5O4S. The summed E-state index contributed by atoms with van der Waals surface area (Å²) in [6, 6.07) is 4.41. The van der Waals surface area contributed by atoms with Gasteiger partial charge in [-0.3, -0.25) is 5.10 Å². The molecule has 0 aromatic carbocycles. The number of nitrogens with two attached hydrogens (primary N) is 1. The Morgan fingerprint density at radius 2 is 2.09 bits per heavy atom. The molecule has 0 aliphatic heterocycles. The lowest BCUT2D eigenvalue weighted by molar-refractivity contribution is 0.0528. The van der Waals surface area contributed by atoms with Gasteiger partial charge in [0.1, 0.15) is 17.1 Å². The number of ether oxygens (including phenoxy) is 1. The second-order valence-corrected chi connectivity index (χ2v) is 6.83. The zero-order chi connectivity index (χ0) is 17.2. The van der Waals surface area contributed by atoms with E-state index in [4.69, 9.17) is 10.5 Å². The van der Waals surface area contributed by atoms with Crippen LogP contribution in [0, 0.1) is 0 Å². The molecule has 0 saturated carbocycles. The van der Waals surface area contributed by atoms with Crippen LogP contribution in [0.4, 0.5) is 5.82 Å². The summed E-state index contributed by atoms with van der Waals surface area (Å²) in [7, 11) is -0.901. The van der Waals surface area contributed by atoms with Gasteiger partial charge in [0.15, 0.2) is 5.03 Å². The molecule has 0 radical (unpaired) electrons. The predicted octanol–water partition coefficient (Wildman–Crippen LogP) is 0.481. The molecule has 0 saturated heterocycles. The average molecular weight is 339 g/mol. The van der Waals surface area contributed by atoms with Crippen molar-refractivity contribution >= 4 is 21.8 Å².